The minimum Gasteiger partial charge on any atom is -0.468 e. The van der Waals surface area contributed by atoms with Crippen LogP contribution in [0.1, 0.15) is 0 Å². The minimum absolute atomic E-state index is 0.253. The number of rotatable bonds is 5. The van der Waals surface area contributed by atoms with Crippen molar-refractivity contribution in [3.05, 3.63) is 29.3 Å². The van der Waals surface area contributed by atoms with Gasteiger partial charge in [-0.1, -0.05) is 17.7 Å². The van der Waals surface area contributed by atoms with Gasteiger partial charge >= 0.3 is 5.97 Å². The highest BCUT2D eigenvalue weighted by Crippen LogP contribution is 2.22. The normalized spacial score (nSPS) is 12.2. The molecule has 0 fully saturated rings. The zero-order valence-corrected chi connectivity index (χ0v) is 10.8. The SMILES string of the molecule is CNC(CSc1cccc(Cl)c1)C(=O)OC. The number of benzene rings is 1. The topological polar surface area (TPSA) is 38.3 Å². The first-order valence-corrected chi connectivity index (χ1v) is 6.17. The lowest BCUT2D eigenvalue weighted by Gasteiger charge is -2.12. The lowest BCUT2D eigenvalue weighted by Crippen LogP contribution is -2.37. The summed E-state index contributed by atoms with van der Waals surface area (Å²) >= 11 is 7.43. The number of halogens is 1. The van der Waals surface area contributed by atoms with Gasteiger partial charge in [0.1, 0.15) is 6.04 Å². The first-order chi connectivity index (χ1) is 7.67. The molecule has 0 aromatic heterocycles. The van der Waals surface area contributed by atoms with Crippen LogP contribution in [0.2, 0.25) is 5.02 Å². The molecule has 1 atom stereocenters. The maximum atomic E-state index is 11.3. The van der Waals surface area contributed by atoms with Crippen LogP contribution in [0, 0.1) is 0 Å². The van der Waals surface area contributed by atoms with Crippen molar-refractivity contribution in [3.8, 4) is 0 Å². The Bertz CT molecular complexity index is 360. The van der Waals surface area contributed by atoms with Gasteiger partial charge in [-0.15, -0.1) is 11.8 Å². The largest absolute Gasteiger partial charge is 0.468 e. The molecule has 0 bridgehead atoms. The van der Waals surface area contributed by atoms with Crippen LogP contribution in [0.3, 0.4) is 0 Å². The predicted octanol–water partition coefficient (Wildman–Crippen LogP) is 2.19. The van der Waals surface area contributed by atoms with Gasteiger partial charge in [-0.2, -0.15) is 0 Å². The van der Waals surface area contributed by atoms with Crippen molar-refractivity contribution in [2.75, 3.05) is 19.9 Å². The Kier molecular flexibility index (Phi) is 5.66. The quantitative estimate of drug-likeness (QED) is 0.650. The number of hydrogen-bond donors (Lipinski definition) is 1. The summed E-state index contributed by atoms with van der Waals surface area (Å²) < 4.78 is 4.67. The van der Waals surface area contributed by atoms with Crippen LogP contribution in [-0.2, 0) is 9.53 Å². The van der Waals surface area contributed by atoms with E-state index in [4.69, 9.17) is 11.6 Å². The number of carbonyl (C=O) groups is 1. The third-order valence-electron chi connectivity index (χ3n) is 2.05. The van der Waals surface area contributed by atoms with Gasteiger partial charge in [0.25, 0.3) is 0 Å². The lowest BCUT2D eigenvalue weighted by atomic mass is 10.3. The minimum atomic E-state index is -0.297. The lowest BCUT2D eigenvalue weighted by molar-refractivity contribution is -0.142. The maximum absolute atomic E-state index is 11.3. The van der Waals surface area contributed by atoms with E-state index in [0.29, 0.717) is 10.8 Å². The third kappa shape index (κ3) is 4.04. The summed E-state index contributed by atoms with van der Waals surface area (Å²) in [6.45, 7) is 0. The van der Waals surface area contributed by atoms with Crippen molar-refractivity contribution < 1.29 is 9.53 Å². The van der Waals surface area contributed by atoms with Crippen molar-refractivity contribution in [1.82, 2.24) is 5.32 Å². The molecule has 0 radical (unpaired) electrons. The summed E-state index contributed by atoms with van der Waals surface area (Å²) in [6.07, 6.45) is 0. The van der Waals surface area contributed by atoms with Crippen molar-refractivity contribution in [2.45, 2.75) is 10.9 Å². The zero-order chi connectivity index (χ0) is 12.0. The van der Waals surface area contributed by atoms with Crippen LogP contribution in [-0.4, -0.2) is 31.9 Å². The van der Waals surface area contributed by atoms with Crippen molar-refractivity contribution in [2.24, 2.45) is 0 Å². The third-order valence-corrected chi connectivity index (χ3v) is 3.37. The molecule has 1 aromatic rings. The Morgan fingerprint density at radius 1 is 1.62 bits per heavy atom. The number of thioether (sulfide) groups is 1. The van der Waals surface area contributed by atoms with Gasteiger partial charge in [0.2, 0.25) is 0 Å². The average molecular weight is 260 g/mol. The molecule has 5 heteroatoms. The Morgan fingerprint density at radius 2 is 2.38 bits per heavy atom. The maximum Gasteiger partial charge on any atom is 0.323 e. The summed E-state index contributed by atoms with van der Waals surface area (Å²) in [7, 11) is 3.12. The second kappa shape index (κ2) is 6.78. The number of ether oxygens (including phenoxy) is 1. The Balaban J connectivity index is 2.52. The van der Waals surface area contributed by atoms with Gasteiger partial charge in [0.15, 0.2) is 0 Å². The fourth-order valence-corrected chi connectivity index (χ4v) is 2.45. The second-order valence-corrected chi connectivity index (χ2v) is 4.66. The van der Waals surface area contributed by atoms with E-state index in [1.54, 1.807) is 18.8 Å². The predicted molar refractivity (Wildman–Crippen MR) is 67.0 cm³/mol. The number of hydrogen-bond acceptors (Lipinski definition) is 4. The molecule has 0 saturated carbocycles. The molecule has 16 heavy (non-hydrogen) atoms. The number of carbonyl (C=O) groups excluding carboxylic acids is 1. The van der Waals surface area contributed by atoms with Crippen LogP contribution in [0.4, 0.5) is 0 Å². The Hall–Kier alpha value is -0.710. The first-order valence-electron chi connectivity index (χ1n) is 4.81. The number of esters is 1. The molecule has 88 valence electrons. The second-order valence-electron chi connectivity index (χ2n) is 3.13. The van der Waals surface area contributed by atoms with Gasteiger partial charge in [-0.25, -0.2) is 0 Å². The fourth-order valence-electron chi connectivity index (χ4n) is 1.15. The van der Waals surface area contributed by atoms with Crippen molar-refractivity contribution in [1.29, 1.82) is 0 Å². The molecule has 0 aliphatic carbocycles. The number of likely N-dealkylation sites (N-methyl/N-ethyl adjacent to an activating group) is 1. The van der Waals surface area contributed by atoms with E-state index in [1.165, 1.54) is 7.11 Å². The molecule has 0 spiro atoms. The van der Waals surface area contributed by atoms with E-state index in [-0.39, 0.29) is 12.0 Å². The van der Waals surface area contributed by atoms with Gasteiger partial charge in [-0.3, -0.25) is 4.79 Å². The van der Waals surface area contributed by atoms with Gasteiger partial charge in [0.05, 0.1) is 7.11 Å². The summed E-state index contributed by atoms with van der Waals surface area (Å²) in [5.41, 5.74) is 0. The summed E-state index contributed by atoms with van der Waals surface area (Å²) in [4.78, 5) is 12.3. The molecular weight excluding hydrogens is 246 g/mol. The van der Waals surface area contributed by atoms with E-state index in [1.807, 2.05) is 24.3 Å². The van der Waals surface area contributed by atoms with E-state index in [9.17, 15) is 4.79 Å². The highest BCUT2D eigenvalue weighted by molar-refractivity contribution is 7.99. The van der Waals surface area contributed by atoms with E-state index >= 15 is 0 Å². The standard InChI is InChI=1S/C11H14ClNO2S/c1-13-10(11(14)15-2)7-16-9-5-3-4-8(12)6-9/h3-6,10,13H,7H2,1-2H3. The van der Waals surface area contributed by atoms with E-state index in [0.717, 1.165) is 4.90 Å². The Morgan fingerprint density at radius 3 is 2.94 bits per heavy atom. The molecule has 3 nitrogen and oxygen atoms in total. The highest BCUT2D eigenvalue weighted by atomic mass is 35.5. The molecule has 0 aliphatic rings. The molecule has 0 amide bonds. The number of nitrogens with one attached hydrogen (secondary N) is 1. The molecular formula is C11H14ClNO2S. The van der Waals surface area contributed by atoms with Crippen LogP contribution in [0.25, 0.3) is 0 Å². The van der Waals surface area contributed by atoms with Gasteiger partial charge in [0, 0.05) is 15.7 Å². The van der Waals surface area contributed by atoms with Crippen molar-refractivity contribution in [3.63, 3.8) is 0 Å². The number of methoxy groups -OCH3 is 1. The van der Waals surface area contributed by atoms with Crippen LogP contribution >= 0.6 is 23.4 Å². The summed E-state index contributed by atoms with van der Waals surface area (Å²) in [5.74, 6) is 0.362. The first kappa shape index (κ1) is 13.4. The summed E-state index contributed by atoms with van der Waals surface area (Å²) in [5, 5.41) is 3.61. The molecule has 1 unspecified atom stereocenters. The zero-order valence-electron chi connectivity index (χ0n) is 9.20. The van der Waals surface area contributed by atoms with Crippen LogP contribution in [0.15, 0.2) is 29.2 Å². The molecule has 1 aromatic carbocycles. The summed E-state index contributed by atoms with van der Waals surface area (Å²) in [6, 6.07) is 7.24. The van der Waals surface area contributed by atoms with Crippen molar-refractivity contribution >= 4 is 29.3 Å². The van der Waals surface area contributed by atoms with Gasteiger partial charge < -0.3 is 10.1 Å². The average Bonchev–Trinajstić information content (AvgIpc) is 2.29. The van der Waals surface area contributed by atoms with Gasteiger partial charge in [-0.05, 0) is 25.2 Å². The van der Waals surface area contributed by atoms with Crippen LogP contribution in [0.5, 0.6) is 0 Å². The molecule has 0 heterocycles. The molecule has 0 saturated heterocycles. The Labute approximate surface area is 105 Å². The molecule has 1 rings (SSSR count). The molecule has 1 N–H and O–H groups in total. The highest BCUT2D eigenvalue weighted by Gasteiger charge is 2.16. The molecule has 0 aliphatic heterocycles. The van der Waals surface area contributed by atoms with E-state index in [2.05, 4.69) is 10.1 Å². The smallest absolute Gasteiger partial charge is 0.323 e. The fraction of sp³-hybridized carbons (Fsp3) is 0.364. The van der Waals surface area contributed by atoms with E-state index < -0.39 is 0 Å². The monoisotopic (exact) mass is 259 g/mol. The van der Waals surface area contributed by atoms with Crippen LogP contribution < -0.4 is 5.32 Å².